The van der Waals surface area contributed by atoms with Crippen molar-refractivity contribution in [2.75, 3.05) is 14.2 Å². The Bertz CT molecular complexity index is 2390. The molecule has 0 aliphatic heterocycles. The SMILES string of the molecule is COc1ccc2c(c1)c1cc(OC)ccc1n2-c1ccc(C(c2ccccc2)(c2ccccc2)c2ccc(-c3cccc(C#N)c3)cc2)cc1. The number of methoxy groups -OCH3 is 2. The quantitative estimate of drug-likeness (QED) is 0.154. The normalized spacial score (nSPS) is 11.4. The molecule has 8 aromatic rings. The first-order valence-electron chi connectivity index (χ1n) is 16.6. The van der Waals surface area contributed by atoms with Crippen molar-refractivity contribution in [1.82, 2.24) is 4.57 Å². The average molecular weight is 647 g/mol. The summed E-state index contributed by atoms with van der Waals surface area (Å²) in [6, 6.07) is 61.8. The van der Waals surface area contributed by atoms with E-state index in [1.807, 2.05) is 30.3 Å². The highest BCUT2D eigenvalue weighted by Crippen LogP contribution is 2.46. The predicted octanol–water partition coefficient (Wildman–Crippen LogP) is 10.7. The zero-order valence-electron chi connectivity index (χ0n) is 27.9. The molecule has 0 radical (unpaired) electrons. The van der Waals surface area contributed by atoms with Gasteiger partial charge in [-0.15, -0.1) is 0 Å². The maximum atomic E-state index is 9.50. The summed E-state index contributed by atoms with van der Waals surface area (Å²) < 4.78 is 13.5. The summed E-state index contributed by atoms with van der Waals surface area (Å²) >= 11 is 0. The molecule has 7 aromatic carbocycles. The Kier molecular flexibility index (Phi) is 7.87. The van der Waals surface area contributed by atoms with E-state index in [0.717, 1.165) is 61.2 Å². The molecule has 240 valence electrons. The first kappa shape index (κ1) is 30.7. The van der Waals surface area contributed by atoms with Gasteiger partial charge in [-0.2, -0.15) is 5.26 Å². The predicted molar refractivity (Wildman–Crippen MR) is 202 cm³/mol. The monoisotopic (exact) mass is 646 g/mol. The number of rotatable bonds is 8. The molecule has 0 aliphatic rings. The Hall–Kier alpha value is -6.57. The van der Waals surface area contributed by atoms with Gasteiger partial charge in [0.25, 0.3) is 0 Å². The van der Waals surface area contributed by atoms with E-state index in [1.54, 1.807) is 14.2 Å². The highest BCUT2D eigenvalue weighted by molar-refractivity contribution is 6.10. The second-order valence-electron chi connectivity index (χ2n) is 12.4. The Labute approximate surface area is 292 Å². The second kappa shape index (κ2) is 12.8. The number of hydrogen-bond donors (Lipinski definition) is 0. The lowest BCUT2D eigenvalue weighted by Gasteiger charge is -2.37. The van der Waals surface area contributed by atoms with Crippen molar-refractivity contribution in [3.63, 3.8) is 0 Å². The highest BCUT2D eigenvalue weighted by Gasteiger charge is 2.38. The van der Waals surface area contributed by atoms with Gasteiger partial charge in [-0.3, -0.25) is 0 Å². The molecule has 0 spiro atoms. The number of fused-ring (bicyclic) bond motifs is 3. The molecule has 0 saturated heterocycles. The van der Waals surface area contributed by atoms with Crippen molar-refractivity contribution < 1.29 is 9.47 Å². The average Bonchev–Trinajstić information content (AvgIpc) is 3.52. The van der Waals surface area contributed by atoms with Gasteiger partial charge >= 0.3 is 0 Å². The summed E-state index contributed by atoms with van der Waals surface area (Å²) in [5, 5.41) is 11.7. The van der Waals surface area contributed by atoms with Crippen LogP contribution < -0.4 is 9.47 Å². The van der Waals surface area contributed by atoms with Crippen LogP contribution in [-0.4, -0.2) is 18.8 Å². The first-order valence-corrected chi connectivity index (χ1v) is 16.6. The Morgan fingerprint density at radius 3 is 1.48 bits per heavy atom. The van der Waals surface area contributed by atoms with Crippen LogP contribution in [0, 0.1) is 11.3 Å². The van der Waals surface area contributed by atoms with Gasteiger partial charge in [0, 0.05) is 16.5 Å². The molecule has 8 rings (SSSR count). The summed E-state index contributed by atoms with van der Waals surface area (Å²) in [7, 11) is 3.40. The molecular weight excluding hydrogens is 613 g/mol. The molecule has 4 heteroatoms. The molecule has 0 atom stereocenters. The summed E-state index contributed by atoms with van der Waals surface area (Å²) in [4.78, 5) is 0. The largest absolute Gasteiger partial charge is 0.497 e. The van der Waals surface area contributed by atoms with E-state index >= 15 is 0 Å². The molecule has 4 nitrogen and oxygen atoms in total. The molecule has 50 heavy (non-hydrogen) atoms. The van der Waals surface area contributed by atoms with Crippen molar-refractivity contribution in [3.8, 4) is 34.4 Å². The van der Waals surface area contributed by atoms with E-state index in [4.69, 9.17) is 9.47 Å². The van der Waals surface area contributed by atoms with Crippen molar-refractivity contribution in [1.29, 1.82) is 5.26 Å². The van der Waals surface area contributed by atoms with Crippen LogP contribution in [0.2, 0.25) is 0 Å². The molecule has 0 saturated carbocycles. The van der Waals surface area contributed by atoms with Crippen molar-refractivity contribution >= 4 is 21.8 Å². The minimum Gasteiger partial charge on any atom is -0.497 e. The van der Waals surface area contributed by atoms with E-state index in [-0.39, 0.29) is 0 Å². The summed E-state index contributed by atoms with van der Waals surface area (Å²) in [6.45, 7) is 0. The van der Waals surface area contributed by atoms with Crippen LogP contribution in [0.15, 0.2) is 170 Å². The van der Waals surface area contributed by atoms with Gasteiger partial charge in [0.1, 0.15) is 11.5 Å². The van der Waals surface area contributed by atoms with Gasteiger partial charge in [0.15, 0.2) is 0 Å². The van der Waals surface area contributed by atoms with Gasteiger partial charge in [-0.1, -0.05) is 109 Å². The minimum atomic E-state index is -0.602. The fraction of sp³-hybridized carbons (Fsp3) is 0.0652. The Morgan fingerprint density at radius 1 is 0.480 bits per heavy atom. The lowest BCUT2D eigenvalue weighted by atomic mass is 9.65. The number of ether oxygens (including phenoxy) is 2. The Balaban J connectivity index is 1.33. The molecule has 1 aromatic heterocycles. The van der Waals surface area contributed by atoms with E-state index in [9.17, 15) is 5.26 Å². The van der Waals surface area contributed by atoms with Crippen molar-refractivity contribution in [2.45, 2.75) is 5.41 Å². The summed E-state index contributed by atoms with van der Waals surface area (Å²) in [5.41, 5.74) is 10.0. The maximum Gasteiger partial charge on any atom is 0.119 e. The van der Waals surface area contributed by atoms with E-state index < -0.39 is 5.41 Å². The lowest BCUT2D eigenvalue weighted by Crippen LogP contribution is -2.31. The first-order chi connectivity index (χ1) is 24.6. The number of benzene rings is 7. The third-order valence-electron chi connectivity index (χ3n) is 9.79. The van der Waals surface area contributed by atoms with Crippen molar-refractivity contribution in [3.05, 3.63) is 198 Å². The number of hydrogen-bond acceptors (Lipinski definition) is 3. The molecule has 0 N–H and O–H groups in total. The molecule has 0 bridgehead atoms. The fourth-order valence-corrected chi connectivity index (χ4v) is 7.43. The number of aromatic nitrogens is 1. The van der Waals surface area contributed by atoms with Gasteiger partial charge < -0.3 is 14.0 Å². The fourth-order valence-electron chi connectivity index (χ4n) is 7.43. The third kappa shape index (κ3) is 5.08. The van der Waals surface area contributed by atoms with Crippen LogP contribution in [0.25, 0.3) is 38.6 Å². The van der Waals surface area contributed by atoms with Crippen molar-refractivity contribution in [2.24, 2.45) is 0 Å². The van der Waals surface area contributed by atoms with Gasteiger partial charge in [0.05, 0.1) is 42.3 Å². The highest BCUT2D eigenvalue weighted by atomic mass is 16.5. The molecular formula is C46H34N2O2. The number of nitrogens with zero attached hydrogens (tertiary/aromatic N) is 2. The van der Waals surface area contributed by atoms with Gasteiger partial charge in [0.2, 0.25) is 0 Å². The van der Waals surface area contributed by atoms with E-state index in [0.29, 0.717) is 5.56 Å². The summed E-state index contributed by atoms with van der Waals surface area (Å²) in [5.74, 6) is 1.63. The molecule has 0 unspecified atom stereocenters. The maximum absolute atomic E-state index is 9.50. The summed E-state index contributed by atoms with van der Waals surface area (Å²) in [6.07, 6.45) is 0. The standard InChI is InChI=1S/C46H34N2O2/c1-49-40-24-26-44-42(29-40)43-30-41(50-2)25-27-45(43)48(44)39-22-20-38(21-23-39)46(35-12-5-3-6-13-35,36-14-7-4-8-15-36)37-18-16-33(17-19-37)34-11-9-10-32(28-34)31-47/h3-30H,1-2H3. The number of nitriles is 1. The van der Waals surface area contributed by atoms with Crippen LogP contribution in [0.3, 0.4) is 0 Å². The smallest absolute Gasteiger partial charge is 0.119 e. The molecule has 0 aliphatic carbocycles. The van der Waals surface area contributed by atoms with Crippen LogP contribution >= 0.6 is 0 Å². The van der Waals surface area contributed by atoms with Crippen LogP contribution in [-0.2, 0) is 5.41 Å². The minimum absolute atomic E-state index is 0.602. The molecule has 0 fully saturated rings. The van der Waals surface area contributed by atoms with Crippen LogP contribution in [0.5, 0.6) is 11.5 Å². The lowest BCUT2D eigenvalue weighted by molar-refractivity contribution is 0.415. The topological polar surface area (TPSA) is 47.2 Å². The van der Waals surface area contributed by atoms with Crippen LogP contribution in [0.4, 0.5) is 0 Å². The Morgan fingerprint density at radius 2 is 0.980 bits per heavy atom. The molecule has 0 amide bonds. The zero-order chi connectivity index (χ0) is 34.1. The third-order valence-corrected chi connectivity index (χ3v) is 9.79. The van der Waals surface area contributed by atoms with Crippen LogP contribution in [0.1, 0.15) is 27.8 Å². The zero-order valence-corrected chi connectivity index (χ0v) is 27.9. The second-order valence-corrected chi connectivity index (χ2v) is 12.4. The van der Waals surface area contributed by atoms with Gasteiger partial charge in [-0.05, 0) is 94.0 Å². The van der Waals surface area contributed by atoms with E-state index in [2.05, 4.69) is 150 Å². The molecule has 1 heterocycles. The van der Waals surface area contributed by atoms with Gasteiger partial charge in [-0.25, -0.2) is 0 Å². The van der Waals surface area contributed by atoms with E-state index in [1.165, 1.54) is 11.1 Å².